The van der Waals surface area contributed by atoms with E-state index in [-0.39, 0.29) is 0 Å². The van der Waals surface area contributed by atoms with Crippen LogP contribution in [0.5, 0.6) is 0 Å². The Labute approximate surface area is 107 Å². The standard InChI is InChI=1S/C11H21N7/c1-4-8-6-5-7-18(8)11-14-9(16-12)13-10(15-11)17(2)3/h8H,4-7,12H2,1-3H3,(H,13,14,15,16). The number of hydrazine groups is 1. The summed E-state index contributed by atoms with van der Waals surface area (Å²) in [7, 11) is 3.81. The van der Waals surface area contributed by atoms with Crippen LogP contribution in [0.25, 0.3) is 0 Å². The normalized spacial score (nSPS) is 19.1. The van der Waals surface area contributed by atoms with Gasteiger partial charge >= 0.3 is 0 Å². The molecule has 7 heteroatoms. The van der Waals surface area contributed by atoms with Gasteiger partial charge in [-0.25, -0.2) is 5.84 Å². The molecule has 0 aromatic carbocycles. The van der Waals surface area contributed by atoms with Gasteiger partial charge in [0, 0.05) is 26.7 Å². The molecule has 1 aliphatic heterocycles. The summed E-state index contributed by atoms with van der Waals surface area (Å²) >= 11 is 0. The molecule has 0 bridgehead atoms. The Balaban J connectivity index is 2.34. The molecule has 1 unspecified atom stereocenters. The Hall–Kier alpha value is -1.63. The quantitative estimate of drug-likeness (QED) is 0.599. The number of nitrogens with one attached hydrogen (secondary N) is 1. The smallest absolute Gasteiger partial charge is 0.243 e. The van der Waals surface area contributed by atoms with Gasteiger partial charge in [-0.1, -0.05) is 6.92 Å². The molecule has 0 saturated carbocycles. The second-order valence-corrected chi connectivity index (χ2v) is 4.70. The summed E-state index contributed by atoms with van der Waals surface area (Å²) in [4.78, 5) is 17.2. The van der Waals surface area contributed by atoms with Gasteiger partial charge in [-0.05, 0) is 19.3 Å². The van der Waals surface area contributed by atoms with E-state index in [1.165, 1.54) is 12.8 Å². The van der Waals surface area contributed by atoms with Gasteiger partial charge in [-0.3, -0.25) is 5.43 Å². The molecule has 0 amide bonds. The van der Waals surface area contributed by atoms with Crippen LogP contribution >= 0.6 is 0 Å². The van der Waals surface area contributed by atoms with E-state index in [2.05, 4.69) is 32.2 Å². The molecule has 1 aliphatic rings. The molecule has 0 aliphatic carbocycles. The maximum absolute atomic E-state index is 5.41. The zero-order valence-corrected chi connectivity index (χ0v) is 11.2. The first-order valence-electron chi connectivity index (χ1n) is 6.32. The van der Waals surface area contributed by atoms with Crippen molar-refractivity contribution in [2.24, 2.45) is 5.84 Å². The van der Waals surface area contributed by atoms with E-state index < -0.39 is 0 Å². The lowest BCUT2D eigenvalue weighted by Crippen LogP contribution is -2.31. The molecule has 0 spiro atoms. The fraction of sp³-hybridized carbons (Fsp3) is 0.727. The molecule has 1 atom stereocenters. The predicted molar refractivity (Wildman–Crippen MR) is 72.6 cm³/mol. The van der Waals surface area contributed by atoms with Gasteiger partial charge in [0.2, 0.25) is 17.8 Å². The van der Waals surface area contributed by atoms with Crippen molar-refractivity contribution < 1.29 is 0 Å². The van der Waals surface area contributed by atoms with Crippen LogP contribution in [0.3, 0.4) is 0 Å². The molecular formula is C11H21N7. The third-order valence-electron chi connectivity index (χ3n) is 3.25. The van der Waals surface area contributed by atoms with Crippen molar-refractivity contribution in [3.8, 4) is 0 Å². The molecule has 0 radical (unpaired) electrons. The predicted octanol–water partition coefficient (Wildman–Crippen LogP) is 0.602. The monoisotopic (exact) mass is 251 g/mol. The molecule has 18 heavy (non-hydrogen) atoms. The lowest BCUT2D eigenvalue weighted by atomic mass is 10.2. The molecule has 1 aromatic rings. The number of nitrogens with zero attached hydrogens (tertiary/aromatic N) is 5. The molecule has 3 N–H and O–H groups in total. The summed E-state index contributed by atoms with van der Waals surface area (Å²) < 4.78 is 0. The summed E-state index contributed by atoms with van der Waals surface area (Å²) in [5.74, 6) is 7.16. The van der Waals surface area contributed by atoms with Gasteiger partial charge in [-0.15, -0.1) is 0 Å². The van der Waals surface area contributed by atoms with Crippen molar-refractivity contribution in [1.82, 2.24) is 15.0 Å². The van der Waals surface area contributed by atoms with Crippen LogP contribution in [0.1, 0.15) is 26.2 Å². The van der Waals surface area contributed by atoms with Crippen molar-refractivity contribution >= 4 is 17.8 Å². The highest BCUT2D eigenvalue weighted by Crippen LogP contribution is 2.25. The van der Waals surface area contributed by atoms with Crippen LogP contribution in [0.4, 0.5) is 17.8 Å². The van der Waals surface area contributed by atoms with Crippen molar-refractivity contribution in [2.45, 2.75) is 32.2 Å². The first-order valence-corrected chi connectivity index (χ1v) is 6.32. The van der Waals surface area contributed by atoms with E-state index in [0.29, 0.717) is 23.9 Å². The molecule has 2 rings (SSSR count). The summed E-state index contributed by atoms with van der Waals surface area (Å²) in [6.45, 7) is 3.19. The Morgan fingerprint density at radius 2 is 2.17 bits per heavy atom. The highest BCUT2D eigenvalue weighted by atomic mass is 15.4. The van der Waals surface area contributed by atoms with Crippen molar-refractivity contribution in [1.29, 1.82) is 0 Å². The SMILES string of the molecule is CCC1CCCN1c1nc(NN)nc(N(C)C)n1. The molecule has 1 saturated heterocycles. The van der Waals surface area contributed by atoms with Gasteiger partial charge in [0.1, 0.15) is 0 Å². The van der Waals surface area contributed by atoms with Crippen molar-refractivity contribution in [3.05, 3.63) is 0 Å². The summed E-state index contributed by atoms with van der Waals surface area (Å²) in [5, 5.41) is 0. The lowest BCUT2D eigenvalue weighted by molar-refractivity contribution is 0.633. The van der Waals surface area contributed by atoms with E-state index in [0.717, 1.165) is 13.0 Å². The number of nitrogens with two attached hydrogens (primary N) is 1. The van der Waals surface area contributed by atoms with E-state index in [1.54, 1.807) is 0 Å². The summed E-state index contributed by atoms with van der Waals surface area (Å²) in [6.07, 6.45) is 3.49. The zero-order chi connectivity index (χ0) is 13.1. The van der Waals surface area contributed by atoms with Crippen LogP contribution in [-0.2, 0) is 0 Å². The molecule has 1 aromatic heterocycles. The third kappa shape index (κ3) is 2.45. The number of hydrogen-bond donors (Lipinski definition) is 2. The summed E-state index contributed by atoms with van der Waals surface area (Å²) in [5.41, 5.74) is 2.50. The molecule has 1 fully saturated rings. The van der Waals surface area contributed by atoms with Gasteiger partial charge < -0.3 is 9.80 Å². The van der Waals surface area contributed by atoms with Gasteiger partial charge in [-0.2, -0.15) is 15.0 Å². The Bertz CT molecular complexity index is 406. The van der Waals surface area contributed by atoms with E-state index in [4.69, 9.17) is 5.84 Å². The first kappa shape index (κ1) is 12.8. The zero-order valence-electron chi connectivity index (χ0n) is 11.2. The lowest BCUT2D eigenvalue weighted by Gasteiger charge is -2.24. The largest absolute Gasteiger partial charge is 0.347 e. The van der Waals surface area contributed by atoms with Gasteiger partial charge in [0.25, 0.3) is 0 Å². The highest BCUT2D eigenvalue weighted by molar-refractivity contribution is 5.45. The molecule has 7 nitrogen and oxygen atoms in total. The third-order valence-corrected chi connectivity index (χ3v) is 3.25. The number of aromatic nitrogens is 3. The van der Waals surface area contributed by atoms with E-state index in [9.17, 15) is 0 Å². The van der Waals surface area contributed by atoms with Crippen LogP contribution in [0.2, 0.25) is 0 Å². The average molecular weight is 251 g/mol. The van der Waals surface area contributed by atoms with Gasteiger partial charge in [0.15, 0.2) is 0 Å². The number of hydrogen-bond acceptors (Lipinski definition) is 7. The summed E-state index contributed by atoms with van der Waals surface area (Å²) in [6, 6.07) is 0.521. The van der Waals surface area contributed by atoms with Crippen molar-refractivity contribution in [2.75, 3.05) is 35.9 Å². The molecule has 2 heterocycles. The van der Waals surface area contributed by atoms with Crippen LogP contribution in [0.15, 0.2) is 0 Å². The molecular weight excluding hydrogens is 230 g/mol. The fourth-order valence-electron chi connectivity index (χ4n) is 2.27. The fourth-order valence-corrected chi connectivity index (χ4v) is 2.27. The Morgan fingerprint density at radius 1 is 1.39 bits per heavy atom. The van der Waals surface area contributed by atoms with Crippen LogP contribution < -0.4 is 21.1 Å². The topological polar surface area (TPSA) is 83.2 Å². The van der Waals surface area contributed by atoms with E-state index in [1.807, 2.05) is 19.0 Å². The Morgan fingerprint density at radius 3 is 2.78 bits per heavy atom. The first-order chi connectivity index (χ1) is 8.65. The minimum Gasteiger partial charge on any atom is -0.347 e. The highest BCUT2D eigenvalue weighted by Gasteiger charge is 2.26. The van der Waals surface area contributed by atoms with Crippen molar-refractivity contribution in [3.63, 3.8) is 0 Å². The second kappa shape index (κ2) is 5.34. The minimum absolute atomic E-state index is 0.408. The maximum atomic E-state index is 5.41. The number of anilines is 3. The minimum atomic E-state index is 0.408. The average Bonchev–Trinajstić information content (AvgIpc) is 2.86. The van der Waals surface area contributed by atoms with Crippen LogP contribution in [0, 0.1) is 0 Å². The van der Waals surface area contributed by atoms with Gasteiger partial charge in [0.05, 0.1) is 0 Å². The number of rotatable bonds is 4. The van der Waals surface area contributed by atoms with Crippen LogP contribution in [-0.4, -0.2) is 41.6 Å². The molecule has 100 valence electrons. The maximum Gasteiger partial charge on any atom is 0.243 e. The number of nitrogen functional groups attached to an aromatic ring is 1. The second-order valence-electron chi connectivity index (χ2n) is 4.70. The Kier molecular flexibility index (Phi) is 3.81. The van der Waals surface area contributed by atoms with E-state index >= 15 is 0 Å².